The van der Waals surface area contributed by atoms with Gasteiger partial charge in [-0.15, -0.1) is 0 Å². The molecular formula is C12H17ClN2. The minimum absolute atomic E-state index is 0.591. The molecule has 0 saturated carbocycles. The molecule has 1 aromatic heterocycles. The SMILES string of the molecule is CC[C@@H]1CCCCN1c1cccc(Cl)n1. The Kier molecular flexibility index (Phi) is 3.47. The number of hydrogen-bond acceptors (Lipinski definition) is 2. The van der Waals surface area contributed by atoms with E-state index in [0.717, 1.165) is 12.4 Å². The standard InChI is InChI=1S/C12H17ClN2/c1-2-10-6-3-4-9-15(10)12-8-5-7-11(13)14-12/h5,7-8,10H,2-4,6,9H2,1H3/t10-/m1/s1. The van der Waals surface area contributed by atoms with E-state index in [1.54, 1.807) is 0 Å². The van der Waals surface area contributed by atoms with E-state index < -0.39 is 0 Å². The van der Waals surface area contributed by atoms with Gasteiger partial charge in [-0.1, -0.05) is 24.6 Å². The van der Waals surface area contributed by atoms with Crippen LogP contribution in [0.25, 0.3) is 0 Å². The molecule has 0 aromatic carbocycles. The summed E-state index contributed by atoms with van der Waals surface area (Å²) in [5.41, 5.74) is 0. The van der Waals surface area contributed by atoms with Crippen molar-refractivity contribution < 1.29 is 0 Å². The quantitative estimate of drug-likeness (QED) is 0.715. The highest BCUT2D eigenvalue weighted by atomic mass is 35.5. The maximum Gasteiger partial charge on any atom is 0.131 e. The van der Waals surface area contributed by atoms with Crippen molar-refractivity contribution in [2.75, 3.05) is 11.4 Å². The smallest absolute Gasteiger partial charge is 0.131 e. The fraction of sp³-hybridized carbons (Fsp3) is 0.583. The van der Waals surface area contributed by atoms with E-state index in [4.69, 9.17) is 11.6 Å². The van der Waals surface area contributed by atoms with Gasteiger partial charge in [-0.25, -0.2) is 4.98 Å². The van der Waals surface area contributed by atoms with Gasteiger partial charge in [0.2, 0.25) is 0 Å². The summed E-state index contributed by atoms with van der Waals surface area (Å²) in [6, 6.07) is 6.51. The average Bonchev–Trinajstić information content (AvgIpc) is 2.29. The van der Waals surface area contributed by atoms with Crippen LogP contribution >= 0.6 is 11.6 Å². The van der Waals surface area contributed by atoms with Gasteiger partial charge in [0.05, 0.1) is 0 Å². The van der Waals surface area contributed by atoms with Crippen molar-refractivity contribution in [1.82, 2.24) is 4.98 Å². The molecule has 2 nitrogen and oxygen atoms in total. The molecule has 1 fully saturated rings. The van der Waals surface area contributed by atoms with Gasteiger partial charge in [-0.2, -0.15) is 0 Å². The number of anilines is 1. The van der Waals surface area contributed by atoms with E-state index in [1.807, 2.05) is 12.1 Å². The van der Waals surface area contributed by atoms with Crippen LogP contribution in [0.5, 0.6) is 0 Å². The Morgan fingerprint density at radius 3 is 3.07 bits per heavy atom. The number of pyridine rings is 1. The van der Waals surface area contributed by atoms with Gasteiger partial charge in [0, 0.05) is 12.6 Å². The Labute approximate surface area is 96.3 Å². The molecule has 0 unspecified atom stereocenters. The first-order chi connectivity index (χ1) is 7.31. The zero-order valence-electron chi connectivity index (χ0n) is 9.12. The zero-order chi connectivity index (χ0) is 10.7. The summed E-state index contributed by atoms with van der Waals surface area (Å²) in [7, 11) is 0. The summed E-state index contributed by atoms with van der Waals surface area (Å²) in [5.74, 6) is 1.04. The van der Waals surface area contributed by atoms with Crippen LogP contribution in [-0.4, -0.2) is 17.6 Å². The van der Waals surface area contributed by atoms with E-state index in [-0.39, 0.29) is 0 Å². The predicted molar refractivity (Wildman–Crippen MR) is 64.5 cm³/mol. The molecule has 2 rings (SSSR count). The second-order valence-electron chi connectivity index (χ2n) is 4.07. The third kappa shape index (κ3) is 2.43. The van der Waals surface area contributed by atoms with E-state index in [2.05, 4.69) is 22.9 Å². The van der Waals surface area contributed by atoms with Crippen LogP contribution in [0.15, 0.2) is 18.2 Å². The Bertz CT molecular complexity index is 327. The Morgan fingerprint density at radius 1 is 1.47 bits per heavy atom. The second-order valence-corrected chi connectivity index (χ2v) is 4.46. The van der Waals surface area contributed by atoms with Crippen molar-refractivity contribution in [2.45, 2.75) is 38.6 Å². The zero-order valence-corrected chi connectivity index (χ0v) is 9.87. The minimum atomic E-state index is 0.591. The summed E-state index contributed by atoms with van der Waals surface area (Å²) >= 11 is 5.92. The molecule has 1 aromatic rings. The van der Waals surface area contributed by atoms with Gasteiger partial charge >= 0.3 is 0 Å². The van der Waals surface area contributed by atoms with Crippen LogP contribution in [0.3, 0.4) is 0 Å². The first-order valence-electron chi connectivity index (χ1n) is 5.70. The van der Waals surface area contributed by atoms with Crippen LogP contribution in [0.4, 0.5) is 5.82 Å². The van der Waals surface area contributed by atoms with Gasteiger partial charge in [0.25, 0.3) is 0 Å². The summed E-state index contributed by atoms with van der Waals surface area (Å²) in [6.45, 7) is 3.36. The molecule has 15 heavy (non-hydrogen) atoms. The molecule has 1 saturated heterocycles. The van der Waals surface area contributed by atoms with Crippen LogP contribution in [0, 0.1) is 0 Å². The summed E-state index contributed by atoms with van der Waals surface area (Å²) in [4.78, 5) is 6.78. The van der Waals surface area contributed by atoms with Gasteiger partial charge in [0.1, 0.15) is 11.0 Å². The Hall–Kier alpha value is -0.760. The van der Waals surface area contributed by atoms with Crippen molar-refractivity contribution >= 4 is 17.4 Å². The number of nitrogens with zero attached hydrogens (tertiary/aromatic N) is 2. The van der Waals surface area contributed by atoms with Crippen molar-refractivity contribution in [1.29, 1.82) is 0 Å². The van der Waals surface area contributed by atoms with Gasteiger partial charge < -0.3 is 4.90 Å². The lowest BCUT2D eigenvalue weighted by molar-refractivity contribution is 0.447. The molecule has 1 aliphatic rings. The molecule has 3 heteroatoms. The Balaban J connectivity index is 2.20. The summed E-state index contributed by atoms with van der Waals surface area (Å²) in [6.07, 6.45) is 5.08. The highest BCUT2D eigenvalue weighted by Crippen LogP contribution is 2.25. The number of aromatic nitrogens is 1. The van der Waals surface area contributed by atoms with Crippen molar-refractivity contribution in [2.24, 2.45) is 0 Å². The topological polar surface area (TPSA) is 16.1 Å². The second kappa shape index (κ2) is 4.84. The maximum atomic E-state index is 5.92. The fourth-order valence-electron chi connectivity index (χ4n) is 2.28. The van der Waals surface area contributed by atoms with Crippen LogP contribution in [0.1, 0.15) is 32.6 Å². The van der Waals surface area contributed by atoms with Crippen molar-refractivity contribution in [3.05, 3.63) is 23.4 Å². The molecule has 1 aliphatic heterocycles. The Morgan fingerprint density at radius 2 is 2.33 bits per heavy atom. The van der Waals surface area contributed by atoms with E-state index >= 15 is 0 Å². The number of piperidine rings is 1. The molecule has 1 atom stereocenters. The lowest BCUT2D eigenvalue weighted by Gasteiger charge is -2.36. The van der Waals surface area contributed by atoms with Crippen LogP contribution in [0.2, 0.25) is 5.15 Å². The third-order valence-electron chi connectivity index (χ3n) is 3.09. The summed E-state index contributed by atoms with van der Waals surface area (Å²) < 4.78 is 0. The number of rotatable bonds is 2. The van der Waals surface area contributed by atoms with Crippen LogP contribution < -0.4 is 4.90 Å². The normalized spacial score (nSPS) is 21.7. The van der Waals surface area contributed by atoms with Gasteiger partial charge in [-0.05, 0) is 37.8 Å². The lowest BCUT2D eigenvalue weighted by atomic mass is 10.00. The average molecular weight is 225 g/mol. The molecule has 0 spiro atoms. The maximum absolute atomic E-state index is 5.92. The van der Waals surface area contributed by atoms with E-state index in [9.17, 15) is 0 Å². The van der Waals surface area contributed by atoms with Crippen molar-refractivity contribution in [3.8, 4) is 0 Å². The van der Waals surface area contributed by atoms with Gasteiger partial charge in [0.15, 0.2) is 0 Å². The molecular weight excluding hydrogens is 208 g/mol. The lowest BCUT2D eigenvalue weighted by Crippen LogP contribution is -2.39. The molecule has 82 valence electrons. The molecule has 0 bridgehead atoms. The number of halogens is 1. The number of hydrogen-bond donors (Lipinski definition) is 0. The molecule has 0 aliphatic carbocycles. The van der Waals surface area contributed by atoms with Crippen LogP contribution in [-0.2, 0) is 0 Å². The molecule has 0 radical (unpaired) electrons. The van der Waals surface area contributed by atoms with Crippen molar-refractivity contribution in [3.63, 3.8) is 0 Å². The highest BCUT2D eigenvalue weighted by Gasteiger charge is 2.21. The predicted octanol–water partition coefficient (Wildman–Crippen LogP) is 3.50. The largest absolute Gasteiger partial charge is 0.354 e. The van der Waals surface area contributed by atoms with E-state index in [0.29, 0.717) is 11.2 Å². The van der Waals surface area contributed by atoms with Gasteiger partial charge in [-0.3, -0.25) is 0 Å². The first kappa shape index (κ1) is 10.7. The highest BCUT2D eigenvalue weighted by molar-refractivity contribution is 6.29. The van der Waals surface area contributed by atoms with E-state index in [1.165, 1.54) is 25.7 Å². The fourth-order valence-corrected chi connectivity index (χ4v) is 2.44. The first-order valence-corrected chi connectivity index (χ1v) is 6.08. The molecule has 0 N–H and O–H groups in total. The monoisotopic (exact) mass is 224 g/mol. The molecule has 2 heterocycles. The minimum Gasteiger partial charge on any atom is -0.354 e. The third-order valence-corrected chi connectivity index (χ3v) is 3.30. The molecule has 0 amide bonds. The summed E-state index contributed by atoms with van der Waals surface area (Å²) in [5, 5.41) is 0.591.